The maximum Gasteiger partial charge on any atom is 0.218 e. The Bertz CT molecular complexity index is 719. The largest absolute Gasteiger partial charge is 0.493 e. The molecule has 4 rings (SSSR count). The molecule has 2 aromatic rings. The molecule has 1 saturated heterocycles. The van der Waals surface area contributed by atoms with Gasteiger partial charge in [-0.25, -0.2) is 4.98 Å². The van der Waals surface area contributed by atoms with Crippen LogP contribution in [0.25, 0.3) is 10.8 Å². The lowest BCUT2D eigenvalue weighted by Crippen LogP contribution is -2.41. The van der Waals surface area contributed by atoms with Crippen LogP contribution in [0.2, 0.25) is 0 Å². The monoisotopic (exact) mass is 313 g/mol. The highest BCUT2D eigenvalue weighted by Gasteiger charge is 2.31. The highest BCUT2D eigenvalue weighted by molar-refractivity contribution is 6.00. The molecule has 23 heavy (non-hydrogen) atoms. The maximum absolute atomic E-state index is 10.1. The summed E-state index contributed by atoms with van der Waals surface area (Å²) < 4.78 is 0. The molecule has 1 aromatic heterocycles. The van der Waals surface area contributed by atoms with Gasteiger partial charge >= 0.3 is 0 Å². The van der Waals surface area contributed by atoms with Crippen molar-refractivity contribution in [2.75, 3.05) is 37.7 Å². The van der Waals surface area contributed by atoms with Crippen molar-refractivity contribution in [3.05, 3.63) is 30.0 Å². The molecule has 0 bridgehead atoms. The quantitative estimate of drug-likeness (QED) is 0.901. The van der Waals surface area contributed by atoms with Gasteiger partial charge in [-0.05, 0) is 37.0 Å². The molecule has 0 radical (unpaired) electrons. The summed E-state index contributed by atoms with van der Waals surface area (Å²) in [7, 11) is 0. The Balaban J connectivity index is 1.65. The molecule has 5 heteroatoms. The van der Waals surface area contributed by atoms with Gasteiger partial charge in [0, 0.05) is 61.5 Å². The van der Waals surface area contributed by atoms with Gasteiger partial charge in [-0.1, -0.05) is 6.07 Å². The lowest BCUT2D eigenvalue weighted by atomic mass is 9.97. The number of aromatic nitrogens is 1. The molecule has 1 atom stereocenters. The van der Waals surface area contributed by atoms with Crippen molar-refractivity contribution in [2.24, 2.45) is 0 Å². The van der Waals surface area contributed by atoms with Crippen LogP contribution in [-0.4, -0.2) is 58.9 Å². The molecule has 0 saturated carbocycles. The second-order valence-corrected chi connectivity index (χ2v) is 6.57. The molecule has 1 fully saturated rings. The predicted octanol–water partition coefficient (Wildman–Crippen LogP) is 1.76. The number of benzene rings is 1. The van der Waals surface area contributed by atoms with Gasteiger partial charge in [-0.3, -0.25) is 0 Å². The molecule has 1 unspecified atom stereocenters. The third-order valence-corrected chi connectivity index (χ3v) is 5.20. The van der Waals surface area contributed by atoms with Crippen LogP contribution < -0.4 is 4.90 Å². The minimum Gasteiger partial charge on any atom is -0.493 e. The minimum atomic E-state index is 0.128. The van der Waals surface area contributed by atoms with Crippen LogP contribution in [0.5, 0.6) is 5.88 Å². The molecular formula is C18H23N3O2. The van der Waals surface area contributed by atoms with Gasteiger partial charge in [0.1, 0.15) is 0 Å². The minimum absolute atomic E-state index is 0.128. The zero-order valence-corrected chi connectivity index (χ0v) is 13.3. The molecule has 5 nitrogen and oxygen atoms in total. The van der Waals surface area contributed by atoms with Gasteiger partial charge in [0.15, 0.2) is 0 Å². The van der Waals surface area contributed by atoms with E-state index in [4.69, 9.17) is 5.11 Å². The summed E-state index contributed by atoms with van der Waals surface area (Å²) in [6, 6.07) is 6.65. The van der Waals surface area contributed by atoms with E-state index in [-0.39, 0.29) is 12.5 Å². The van der Waals surface area contributed by atoms with Crippen LogP contribution in [-0.2, 0) is 6.42 Å². The maximum atomic E-state index is 10.1. The number of aliphatic hydroxyl groups is 1. The fourth-order valence-corrected chi connectivity index (χ4v) is 4.07. The number of nitrogens with zero attached hydrogens (tertiary/aromatic N) is 3. The summed E-state index contributed by atoms with van der Waals surface area (Å²) in [6.07, 6.45) is 4.81. The summed E-state index contributed by atoms with van der Waals surface area (Å²) in [5, 5.41) is 21.1. The molecule has 2 aliphatic rings. The third kappa shape index (κ3) is 2.54. The van der Waals surface area contributed by atoms with E-state index >= 15 is 0 Å². The Morgan fingerprint density at radius 1 is 1.26 bits per heavy atom. The molecule has 3 heterocycles. The van der Waals surface area contributed by atoms with Crippen molar-refractivity contribution in [3.8, 4) is 5.88 Å². The Kier molecular flexibility index (Phi) is 3.83. The normalized spacial score (nSPS) is 21.3. The van der Waals surface area contributed by atoms with Crippen molar-refractivity contribution < 1.29 is 10.2 Å². The highest BCUT2D eigenvalue weighted by Crippen LogP contribution is 2.38. The predicted molar refractivity (Wildman–Crippen MR) is 91.0 cm³/mol. The molecule has 0 aliphatic carbocycles. The molecule has 0 spiro atoms. The van der Waals surface area contributed by atoms with E-state index in [1.54, 1.807) is 0 Å². The van der Waals surface area contributed by atoms with Crippen molar-refractivity contribution in [3.63, 3.8) is 0 Å². The first-order valence-corrected chi connectivity index (χ1v) is 8.47. The first-order valence-electron chi connectivity index (χ1n) is 8.47. The smallest absolute Gasteiger partial charge is 0.218 e. The summed E-state index contributed by atoms with van der Waals surface area (Å²) in [4.78, 5) is 9.08. The van der Waals surface area contributed by atoms with E-state index in [2.05, 4.69) is 20.9 Å². The standard InChI is InChI=1S/C18H23N3O2/c22-10-2-7-20-8-6-14(12-20)21-9-5-13-11-19-18(23)15-3-1-4-16(21)17(13)15/h1,3-4,11,14,22H,2,5-10,12H2,(H,19,23). The third-order valence-electron chi connectivity index (χ3n) is 5.20. The van der Waals surface area contributed by atoms with Crippen molar-refractivity contribution in [1.82, 2.24) is 9.88 Å². The van der Waals surface area contributed by atoms with Gasteiger partial charge in [-0.2, -0.15) is 0 Å². The second-order valence-electron chi connectivity index (χ2n) is 6.57. The van der Waals surface area contributed by atoms with Gasteiger partial charge in [-0.15, -0.1) is 0 Å². The lowest BCUT2D eigenvalue weighted by molar-refractivity contribution is 0.246. The Labute approximate surface area is 136 Å². The van der Waals surface area contributed by atoms with Crippen molar-refractivity contribution in [2.45, 2.75) is 25.3 Å². The molecule has 122 valence electrons. The van der Waals surface area contributed by atoms with E-state index in [0.717, 1.165) is 50.8 Å². The van der Waals surface area contributed by atoms with Gasteiger partial charge < -0.3 is 20.0 Å². The van der Waals surface area contributed by atoms with E-state index in [9.17, 15) is 5.11 Å². The van der Waals surface area contributed by atoms with Crippen molar-refractivity contribution in [1.29, 1.82) is 0 Å². The van der Waals surface area contributed by atoms with Gasteiger partial charge in [0.05, 0.1) is 0 Å². The number of rotatable bonds is 4. The Hall–Kier alpha value is -1.85. The zero-order chi connectivity index (χ0) is 15.8. The van der Waals surface area contributed by atoms with Crippen molar-refractivity contribution >= 4 is 16.5 Å². The Morgan fingerprint density at radius 3 is 3.04 bits per heavy atom. The zero-order valence-electron chi connectivity index (χ0n) is 13.3. The van der Waals surface area contributed by atoms with Gasteiger partial charge in [0.2, 0.25) is 5.88 Å². The van der Waals surface area contributed by atoms with E-state index in [0.29, 0.717) is 6.04 Å². The first-order chi connectivity index (χ1) is 11.3. The van der Waals surface area contributed by atoms with Crippen LogP contribution in [0.15, 0.2) is 24.4 Å². The van der Waals surface area contributed by atoms with Crippen LogP contribution >= 0.6 is 0 Å². The fourth-order valence-electron chi connectivity index (χ4n) is 4.07. The lowest BCUT2D eigenvalue weighted by Gasteiger charge is -2.36. The number of aromatic hydroxyl groups is 1. The number of hydrogen-bond donors (Lipinski definition) is 2. The van der Waals surface area contributed by atoms with Gasteiger partial charge in [0.25, 0.3) is 0 Å². The van der Waals surface area contributed by atoms with E-state index < -0.39 is 0 Å². The molecule has 0 amide bonds. The number of pyridine rings is 1. The summed E-state index contributed by atoms with van der Waals surface area (Å²) >= 11 is 0. The summed E-state index contributed by atoms with van der Waals surface area (Å²) in [6.45, 7) is 4.42. The summed E-state index contributed by atoms with van der Waals surface area (Å²) in [5.74, 6) is 0.128. The molecular weight excluding hydrogens is 290 g/mol. The Morgan fingerprint density at radius 2 is 2.17 bits per heavy atom. The molecule has 1 aromatic carbocycles. The van der Waals surface area contributed by atoms with Crippen LogP contribution in [0, 0.1) is 0 Å². The molecule has 2 aliphatic heterocycles. The molecule has 2 N–H and O–H groups in total. The summed E-state index contributed by atoms with van der Waals surface area (Å²) in [5.41, 5.74) is 2.47. The second kappa shape index (κ2) is 5.98. The fraction of sp³-hybridized carbons (Fsp3) is 0.500. The van der Waals surface area contributed by atoms with Crippen LogP contribution in [0.4, 0.5) is 5.69 Å². The topological polar surface area (TPSA) is 59.8 Å². The number of hydrogen-bond acceptors (Lipinski definition) is 5. The van der Waals surface area contributed by atoms with Crippen LogP contribution in [0.3, 0.4) is 0 Å². The first kappa shape index (κ1) is 14.7. The highest BCUT2D eigenvalue weighted by atomic mass is 16.3. The average Bonchev–Trinajstić information content (AvgIpc) is 3.05. The average molecular weight is 313 g/mol. The van der Waals surface area contributed by atoms with Crippen LogP contribution in [0.1, 0.15) is 18.4 Å². The van der Waals surface area contributed by atoms with E-state index in [1.807, 2.05) is 18.3 Å². The SMILES string of the molecule is OCCCN1CCC(N2CCc3cnc(O)c4cccc2c34)C1. The number of likely N-dealkylation sites (tertiary alicyclic amines) is 1. The number of anilines is 1. The number of aliphatic hydroxyl groups excluding tert-OH is 1. The van der Waals surface area contributed by atoms with E-state index in [1.165, 1.54) is 16.6 Å².